The Hall–Kier alpha value is -1.47. The molecule has 1 aliphatic rings. The minimum Gasteiger partial charge on any atom is -0.344 e. The first-order valence-electron chi connectivity index (χ1n) is 7.50. The molecule has 1 saturated heterocycles. The van der Waals surface area contributed by atoms with Crippen molar-refractivity contribution in [1.29, 1.82) is 0 Å². The molecule has 7 heteroatoms. The fraction of sp³-hybridized carbons (Fsp3) is 0.786. The Balaban J connectivity index is 2.34. The van der Waals surface area contributed by atoms with Crippen LogP contribution in [0.1, 0.15) is 39.0 Å². The van der Waals surface area contributed by atoms with Crippen LogP contribution < -0.4 is 21.7 Å². The maximum atomic E-state index is 11.9. The van der Waals surface area contributed by atoms with Gasteiger partial charge in [0.25, 0.3) is 0 Å². The predicted molar refractivity (Wildman–Crippen MR) is 79.2 cm³/mol. The minimum absolute atomic E-state index is 0.176. The summed E-state index contributed by atoms with van der Waals surface area (Å²) >= 11 is 0. The molecule has 2 amide bonds. The molecule has 0 aliphatic carbocycles. The van der Waals surface area contributed by atoms with Gasteiger partial charge in [0.2, 0.25) is 18.1 Å². The quantitative estimate of drug-likeness (QED) is 0.406. The molecular weight excluding hydrogens is 272 g/mol. The van der Waals surface area contributed by atoms with Crippen LogP contribution in [-0.4, -0.2) is 49.3 Å². The first kappa shape index (κ1) is 17.6. The summed E-state index contributed by atoms with van der Waals surface area (Å²) in [5.41, 5.74) is 5.38. The number of carbonyl (C=O) groups is 2. The molecule has 0 aromatic carbocycles. The fourth-order valence-electron chi connectivity index (χ4n) is 2.24. The van der Waals surface area contributed by atoms with Crippen LogP contribution in [0.3, 0.4) is 0 Å². The van der Waals surface area contributed by atoms with E-state index in [4.69, 9.17) is 5.73 Å². The van der Waals surface area contributed by atoms with Crippen LogP contribution in [0, 0.1) is 0 Å². The molecule has 0 bridgehead atoms. The summed E-state index contributed by atoms with van der Waals surface area (Å²) < 4.78 is 0. The Morgan fingerprint density at radius 1 is 1.38 bits per heavy atom. The van der Waals surface area contributed by atoms with E-state index in [1.54, 1.807) is 6.92 Å². The van der Waals surface area contributed by atoms with Gasteiger partial charge >= 0.3 is 0 Å². The molecule has 3 atom stereocenters. The molecule has 1 rings (SSSR count). The van der Waals surface area contributed by atoms with Crippen LogP contribution in [0.15, 0.2) is 0 Å². The van der Waals surface area contributed by atoms with Crippen molar-refractivity contribution in [2.75, 3.05) is 13.1 Å². The first-order valence-corrected chi connectivity index (χ1v) is 7.50. The standard InChI is InChI=1S/C14H25N4O3/c1-10(17-14(21)12-6-4-8-16-12)13(20)18-11(9-19)5-2-3-7-15/h10-12,16H,2-8,15H2,1H3,(H,17,21)(H,18,20)/t10-,11-,12-/m0/s1. The molecule has 1 heterocycles. The second-order valence-corrected chi connectivity index (χ2v) is 5.34. The van der Waals surface area contributed by atoms with Crippen LogP contribution in [0.4, 0.5) is 0 Å². The van der Waals surface area contributed by atoms with E-state index in [1.165, 1.54) is 0 Å². The number of nitrogens with one attached hydrogen (secondary N) is 3. The predicted octanol–water partition coefficient (Wildman–Crippen LogP) is -1.03. The zero-order valence-corrected chi connectivity index (χ0v) is 12.5. The lowest BCUT2D eigenvalue weighted by molar-refractivity contribution is -0.129. The molecule has 0 aromatic rings. The van der Waals surface area contributed by atoms with Crippen molar-refractivity contribution >= 4 is 18.1 Å². The van der Waals surface area contributed by atoms with E-state index in [-0.39, 0.29) is 17.9 Å². The van der Waals surface area contributed by atoms with Crippen LogP contribution in [0.2, 0.25) is 0 Å². The summed E-state index contributed by atoms with van der Waals surface area (Å²) in [4.78, 5) is 34.6. The molecular formula is C14H25N4O3. The zero-order chi connectivity index (χ0) is 15.7. The molecule has 1 fully saturated rings. The van der Waals surface area contributed by atoms with Gasteiger partial charge in [0.05, 0.1) is 12.1 Å². The Morgan fingerprint density at radius 2 is 2.14 bits per heavy atom. The fourth-order valence-corrected chi connectivity index (χ4v) is 2.24. The van der Waals surface area contributed by atoms with Gasteiger partial charge in [0.15, 0.2) is 0 Å². The lowest BCUT2D eigenvalue weighted by Crippen LogP contribution is -2.52. The van der Waals surface area contributed by atoms with Gasteiger partial charge in [0.1, 0.15) is 6.04 Å². The van der Waals surface area contributed by atoms with Gasteiger partial charge in [-0.1, -0.05) is 0 Å². The van der Waals surface area contributed by atoms with Gasteiger partial charge in [-0.3, -0.25) is 14.4 Å². The Morgan fingerprint density at radius 3 is 2.71 bits per heavy atom. The van der Waals surface area contributed by atoms with Crippen molar-refractivity contribution in [1.82, 2.24) is 16.0 Å². The lowest BCUT2D eigenvalue weighted by Gasteiger charge is -2.19. The van der Waals surface area contributed by atoms with E-state index in [2.05, 4.69) is 16.0 Å². The highest BCUT2D eigenvalue weighted by Gasteiger charge is 2.25. The topological polar surface area (TPSA) is 113 Å². The van der Waals surface area contributed by atoms with Crippen LogP contribution in [0.5, 0.6) is 0 Å². The monoisotopic (exact) mass is 297 g/mol. The third kappa shape index (κ3) is 6.22. The maximum absolute atomic E-state index is 11.9. The third-order valence-corrected chi connectivity index (χ3v) is 3.53. The number of hydrogen-bond acceptors (Lipinski definition) is 5. The molecule has 1 radical (unpaired) electrons. The van der Waals surface area contributed by atoms with Crippen molar-refractivity contribution in [2.45, 2.75) is 57.2 Å². The average Bonchev–Trinajstić information content (AvgIpc) is 3.00. The molecule has 1 aliphatic heterocycles. The smallest absolute Gasteiger partial charge is 0.242 e. The second-order valence-electron chi connectivity index (χ2n) is 5.34. The van der Waals surface area contributed by atoms with Crippen molar-refractivity contribution < 1.29 is 14.4 Å². The largest absolute Gasteiger partial charge is 0.344 e. The normalized spacial score (nSPS) is 20.6. The van der Waals surface area contributed by atoms with E-state index in [0.717, 1.165) is 32.2 Å². The minimum atomic E-state index is -0.676. The summed E-state index contributed by atoms with van der Waals surface area (Å²) in [6.07, 6.45) is 5.61. The highest BCUT2D eigenvalue weighted by Crippen LogP contribution is 2.05. The Labute approximate surface area is 125 Å². The van der Waals surface area contributed by atoms with Gasteiger partial charge < -0.3 is 21.7 Å². The Kier molecular flexibility index (Phi) is 7.92. The van der Waals surface area contributed by atoms with E-state index in [9.17, 15) is 14.4 Å². The number of unbranched alkanes of at least 4 members (excludes halogenated alkanes) is 1. The van der Waals surface area contributed by atoms with Crippen molar-refractivity contribution in [2.24, 2.45) is 5.73 Å². The molecule has 5 N–H and O–H groups in total. The molecule has 119 valence electrons. The van der Waals surface area contributed by atoms with E-state index in [0.29, 0.717) is 13.0 Å². The molecule has 0 unspecified atom stereocenters. The van der Waals surface area contributed by atoms with Gasteiger partial charge in [0, 0.05) is 0 Å². The van der Waals surface area contributed by atoms with E-state index >= 15 is 0 Å². The highest BCUT2D eigenvalue weighted by molar-refractivity contribution is 5.90. The number of carbonyl (C=O) groups excluding carboxylic acids is 3. The molecule has 0 spiro atoms. The summed E-state index contributed by atoms with van der Waals surface area (Å²) in [5.74, 6) is -0.549. The molecule has 0 saturated carbocycles. The number of hydrogen-bond donors (Lipinski definition) is 4. The second kappa shape index (κ2) is 9.46. The third-order valence-electron chi connectivity index (χ3n) is 3.53. The van der Waals surface area contributed by atoms with Gasteiger partial charge in [-0.25, -0.2) is 0 Å². The van der Waals surface area contributed by atoms with Gasteiger partial charge in [-0.05, 0) is 52.1 Å². The zero-order valence-electron chi connectivity index (χ0n) is 12.5. The van der Waals surface area contributed by atoms with Crippen LogP contribution in [-0.2, 0) is 14.4 Å². The summed E-state index contributed by atoms with van der Waals surface area (Å²) in [6, 6.07) is -1.54. The molecule has 21 heavy (non-hydrogen) atoms. The average molecular weight is 297 g/mol. The summed E-state index contributed by atoms with van der Waals surface area (Å²) in [6.45, 7) is 2.98. The summed E-state index contributed by atoms with van der Waals surface area (Å²) in [5, 5.41) is 8.31. The Bertz CT molecular complexity index is 356. The van der Waals surface area contributed by atoms with Crippen LogP contribution in [0.25, 0.3) is 0 Å². The van der Waals surface area contributed by atoms with Crippen molar-refractivity contribution in [3.05, 3.63) is 0 Å². The maximum Gasteiger partial charge on any atom is 0.242 e. The van der Waals surface area contributed by atoms with E-state index in [1.807, 2.05) is 6.29 Å². The highest BCUT2D eigenvalue weighted by atomic mass is 16.2. The van der Waals surface area contributed by atoms with E-state index < -0.39 is 12.1 Å². The SMILES string of the molecule is C[C@H](NC(=O)[C@@H]1CCCN1)C(=O)N[C@H]([C]=O)CCCCN. The number of nitrogens with two attached hydrogens (primary N) is 1. The van der Waals surface area contributed by atoms with Crippen molar-refractivity contribution in [3.63, 3.8) is 0 Å². The first-order chi connectivity index (χ1) is 10.1. The lowest BCUT2D eigenvalue weighted by atomic mass is 10.1. The molecule has 7 nitrogen and oxygen atoms in total. The van der Waals surface area contributed by atoms with Crippen LogP contribution >= 0.6 is 0 Å². The number of amides is 2. The number of rotatable bonds is 9. The van der Waals surface area contributed by atoms with Crippen molar-refractivity contribution in [3.8, 4) is 0 Å². The van der Waals surface area contributed by atoms with Gasteiger partial charge in [-0.15, -0.1) is 0 Å². The van der Waals surface area contributed by atoms with Gasteiger partial charge in [-0.2, -0.15) is 0 Å². The summed E-state index contributed by atoms with van der Waals surface area (Å²) in [7, 11) is 0. The molecule has 0 aromatic heterocycles.